The van der Waals surface area contributed by atoms with Crippen molar-refractivity contribution in [2.24, 2.45) is 0 Å². The molecule has 0 saturated carbocycles. The van der Waals surface area contributed by atoms with Gasteiger partial charge in [0.1, 0.15) is 5.69 Å². The van der Waals surface area contributed by atoms with Crippen molar-refractivity contribution in [1.82, 2.24) is 39.0 Å². The summed E-state index contributed by atoms with van der Waals surface area (Å²) in [5.41, 5.74) is 9.36. The molecule has 9 nitrogen and oxygen atoms in total. The zero-order chi connectivity index (χ0) is 27.9. The number of imidazole rings is 2. The highest BCUT2D eigenvalue weighted by molar-refractivity contribution is 5.93. The second-order valence-corrected chi connectivity index (χ2v) is 10.8. The quantitative estimate of drug-likeness (QED) is 0.310. The van der Waals surface area contributed by atoms with Crippen LogP contribution in [0.15, 0.2) is 73.4 Å². The maximum absolute atomic E-state index is 9.78. The fourth-order valence-electron chi connectivity index (χ4n) is 5.66. The third-order valence-corrected chi connectivity index (χ3v) is 8.05. The smallest absolute Gasteiger partial charge is 0.160 e. The summed E-state index contributed by atoms with van der Waals surface area (Å²) < 4.78 is 3.94. The number of likely N-dealkylation sites (tertiary alicyclic amines) is 1. The Morgan fingerprint density at radius 3 is 2.54 bits per heavy atom. The Hall–Kier alpha value is -4.47. The first-order valence-electron chi connectivity index (χ1n) is 14.2. The van der Waals surface area contributed by atoms with Crippen LogP contribution in [-0.2, 0) is 13.1 Å². The summed E-state index contributed by atoms with van der Waals surface area (Å²) >= 11 is 0. The predicted octanol–water partition coefficient (Wildman–Crippen LogP) is 5.16. The van der Waals surface area contributed by atoms with Crippen LogP contribution in [0.3, 0.4) is 0 Å². The molecule has 5 aromatic heterocycles. The maximum Gasteiger partial charge on any atom is 0.160 e. The summed E-state index contributed by atoms with van der Waals surface area (Å²) in [4.78, 5) is 21.0. The molecule has 0 spiro atoms. The van der Waals surface area contributed by atoms with Crippen LogP contribution in [-0.4, -0.2) is 63.3 Å². The maximum atomic E-state index is 9.78. The number of aromatic nitrogens is 7. The van der Waals surface area contributed by atoms with Crippen LogP contribution in [0.1, 0.15) is 31.0 Å². The molecular weight excluding hydrogens is 512 g/mol. The van der Waals surface area contributed by atoms with E-state index in [1.165, 1.54) is 5.56 Å². The third-order valence-electron chi connectivity index (χ3n) is 8.05. The van der Waals surface area contributed by atoms with Crippen molar-refractivity contribution < 1.29 is 5.11 Å². The molecule has 1 aliphatic rings. The Balaban J connectivity index is 1.18. The minimum absolute atomic E-state index is 0.147. The summed E-state index contributed by atoms with van der Waals surface area (Å²) in [6.45, 7) is 7.78. The van der Waals surface area contributed by atoms with Crippen molar-refractivity contribution in [2.45, 2.75) is 45.9 Å². The van der Waals surface area contributed by atoms with E-state index in [4.69, 9.17) is 15.1 Å². The third kappa shape index (κ3) is 4.87. The van der Waals surface area contributed by atoms with Crippen LogP contribution in [0.25, 0.3) is 50.5 Å². The molecule has 206 valence electrons. The molecule has 0 bridgehead atoms. The lowest BCUT2D eigenvalue weighted by Crippen LogP contribution is -2.35. The van der Waals surface area contributed by atoms with E-state index in [0.29, 0.717) is 5.65 Å². The van der Waals surface area contributed by atoms with Crippen molar-refractivity contribution in [3.8, 4) is 33.8 Å². The Bertz CT molecular complexity index is 1850. The lowest BCUT2D eigenvalue weighted by Gasteiger charge is -2.29. The molecule has 1 aliphatic heterocycles. The van der Waals surface area contributed by atoms with Crippen LogP contribution in [0.2, 0.25) is 0 Å². The predicted molar refractivity (Wildman–Crippen MR) is 159 cm³/mol. The number of pyridine rings is 2. The van der Waals surface area contributed by atoms with E-state index in [-0.39, 0.29) is 6.10 Å². The van der Waals surface area contributed by atoms with Gasteiger partial charge in [0, 0.05) is 55.1 Å². The summed E-state index contributed by atoms with van der Waals surface area (Å²) in [6, 6.07) is 16.9. The first kappa shape index (κ1) is 25.5. The van der Waals surface area contributed by atoms with Crippen LogP contribution in [0.5, 0.6) is 0 Å². The zero-order valence-corrected chi connectivity index (χ0v) is 23.3. The van der Waals surface area contributed by atoms with Crippen LogP contribution >= 0.6 is 0 Å². The van der Waals surface area contributed by atoms with Gasteiger partial charge in [0.05, 0.1) is 35.7 Å². The standard InChI is InChI=1S/C32H32N8O/c1-3-38-19-29(35-20-38)28-9-8-26-25(10-13-33-32(26)36-28)30-17-34-31-16-27(21(2)37-40(30)31)23-6-4-22(5-7-23)18-39-14-11-24(41)12-15-39/h4-10,13,16-17,19-20,24,41H,3,11-12,14-15,18H2,1-2H3. The molecule has 9 heteroatoms. The number of piperidine rings is 1. The monoisotopic (exact) mass is 544 g/mol. The van der Waals surface area contributed by atoms with Gasteiger partial charge in [-0.2, -0.15) is 5.10 Å². The lowest BCUT2D eigenvalue weighted by atomic mass is 10.0. The number of hydrogen-bond donors (Lipinski definition) is 1. The highest BCUT2D eigenvalue weighted by Gasteiger charge is 2.18. The van der Waals surface area contributed by atoms with Crippen molar-refractivity contribution in [2.75, 3.05) is 13.1 Å². The number of fused-ring (bicyclic) bond motifs is 2. The molecule has 41 heavy (non-hydrogen) atoms. The molecule has 0 radical (unpaired) electrons. The number of aliphatic hydroxyl groups is 1. The van der Waals surface area contributed by atoms with Gasteiger partial charge in [0.25, 0.3) is 0 Å². The van der Waals surface area contributed by atoms with Gasteiger partial charge in [-0.3, -0.25) is 4.90 Å². The van der Waals surface area contributed by atoms with Crippen molar-refractivity contribution >= 4 is 16.7 Å². The first-order chi connectivity index (χ1) is 20.1. The van der Waals surface area contributed by atoms with Crippen LogP contribution in [0, 0.1) is 6.92 Å². The van der Waals surface area contributed by atoms with Crippen molar-refractivity contribution in [3.63, 3.8) is 0 Å². The summed E-state index contributed by atoms with van der Waals surface area (Å²) in [5, 5.41) is 15.7. The van der Waals surface area contributed by atoms with Gasteiger partial charge >= 0.3 is 0 Å². The van der Waals surface area contributed by atoms with E-state index >= 15 is 0 Å². The topological polar surface area (TPSA) is 97.3 Å². The molecule has 1 saturated heterocycles. The molecule has 7 rings (SSSR count). The molecule has 6 aromatic rings. The molecule has 1 N–H and O–H groups in total. The Morgan fingerprint density at radius 2 is 1.76 bits per heavy atom. The van der Waals surface area contributed by atoms with Gasteiger partial charge < -0.3 is 9.67 Å². The molecule has 1 fully saturated rings. The molecule has 0 unspecified atom stereocenters. The number of aryl methyl sites for hydroxylation is 2. The van der Waals surface area contributed by atoms with E-state index in [9.17, 15) is 5.11 Å². The Labute approximate surface area is 238 Å². The largest absolute Gasteiger partial charge is 0.393 e. The van der Waals surface area contributed by atoms with E-state index in [2.05, 4.69) is 58.2 Å². The van der Waals surface area contributed by atoms with Crippen molar-refractivity contribution in [1.29, 1.82) is 0 Å². The fraction of sp³-hybridized carbons (Fsp3) is 0.281. The van der Waals surface area contributed by atoms with Gasteiger partial charge in [-0.15, -0.1) is 0 Å². The second kappa shape index (κ2) is 10.5. The molecule has 0 aliphatic carbocycles. The molecule has 6 heterocycles. The minimum Gasteiger partial charge on any atom is -0.393 e. The number of rotatable bonds is 6. The minimum atomic E-state index is -0.147. The summed E-state index contributed by atoms with van der Waals surface area (Å²) in [6.07, 6.45) is 9.04. The molecular formula is C32H32N8O. The summed E-state index contributed by atoms with van der Waals surface area (Å²) in [5.74, 6) is 0. The second-order valence-electron chi connectivity index (χ2n) is 10.8. The van der Waals surface area contributed by atoms with E-state index in [1.807, 2.05) is 46.9 Å². The average molecular weight is 545 g/mol. The van der Waals surface area contributed by atoms with Gasteiger partial charge in [0.15, 0.2) is 11.3 Å². The highest BCUT2D eigenvalue weighted by atomic mass is 16.3. The van der Waals surface area contributed by atoms with E-state index in [1.54, 1.807) is 6.20 Å². The van der Waals surface area contributed by atoms with Gasteiger partial charge in [0.2, 0.25) is 0 Å². The first-order valence-corrected chi connectivity index (χ1v) is 14.2. The molecule has 0 atom stereocenters. The average Bonchev–Trinajstić information content (AvgIpc) is 3.65. The van der Waals surface area contributed by atoms with Crippen LogP contribution in [0.4, 0.5) is 0 Å². The van der Waals surface area contributed by atoms with Gasteiger partial charge in [-0.1, -0.05) is 24.3 Å². The molecule has 0 amide bonds. The van der Waals surface area contributed by atoms with E-state index < -0.39 is 0 Å². The van der Waals surface area contributed by atoms with Crippen molar-refractivity contribution in [3.05, 3.63) is 84.7 Å². The Kier molecular flexibility index (Phi) is 6.53. The zero-order valence-electron chi connectivity index (χ0n) is 23.3. The lowest BCUT2D eigenvalue weighted by molar-refractivity contribution is 0.0792. The van der Waals surface area contributed by atoms with Gasteiger partial charge in [-0.25, -0.2) is 24.5 Å². The summed E-state index contributed by atoms with van der Waals surface area (Å²) in [7, 11) is 0. The number of benzene rings is 1. The normalized spacial score (nSPS) is 14.8. The van der Waals surface area contributed by atoms with E-state index in [0.717, 1.165) is 89.5 Å². The molecule has 1 aromatic carbocycles. The Morgan fingerprint density at radius 1 is 0.927 bits per heavy atom. The highest BCUT2D eigenvalue weighted by Crippen LogP contribution is 2.31. The number of aliphatic hydroxyl groups excluding tert-OH is 1. The number of hydrogen-bond acceptors (Lipinski definition) is 7. The van der Waals surface area contributed by atoms with Crippen LogP contribution < -0.4 is 0 Å². The van der Waals surface area contributed by atoms with Gasteiger partial charge in [-0.05, 0) is 62.1 Å². The fourth-order valence-corrected chi connectivity index (χ4v) is 5.66. The SMILES string of the molecule is CCn1cnc(-c2ccc3c(-c4cnc5cc(-c6ccc(CN7CCC(O)CC7)cc6)c(C)nn45)ccnc3n2)c1. The number of nitrogens with zero attached hydrogens (tertiary/aromatic N) is 8.